The molecule has 1 aliphatic carbocycles. The van der Waals surface area contributed by atoms with E-state index >= 15 is 0 Å². The Balaban J connectivity index is 1.46. The van der Waals surface area contributed by atoms with Crippen LogP contribution in [0.4, 0.5) is 4.79 Å². The number of nitrogens with one attached hydrogen (secondary N) is 2. The highest BCUT2D eigenvalue weighted by molar-refractivity contribution is 5.83. The molecule has 2 aromatic rings. The second kappa shape index (κ2) is 11.0. The van der Waals surface area contributed by atoms with E-state index in [0.29, 0.717) is 6.42 Å². The SMILES string of the molecule is CC(C)CC(NC(=O)CC(C)CNC(=O)OCC1c2ccccc2-c2ccccc21)C(=O)O. The van der Waals surface area contributed by atoms with Gasteiger partial charge in [0.15, 0.2) is 0 Å². The number of carboxylic acids is 1. The van der Waals surface area contributed by atoms with Gasteiger partial charge in [0, 0.05) is 18.9 Å². The van der Waals surface area contributed by atoms with Crippen LogP contribution in [0.2, 0.25) is 0 Å². The van der Waals surface area contributed by atoms with Crippen LogP contribution < -0.4 is 10.6 Å². The number of carbonyl (C=O) groups is 3. The lowest BCUT2D eigenvalue weighted by Crippen LogP contribution is -2.42. The van der Waals surface area contributed by atoms with Crippen molar-refractivity contribution in [2.45, 2.75) is 45.6 Å². The van der Waals surface area contributed by atoms with Gasteiger partial charge in [-0.25, -0.2) is 9.59 Å². The summed E-state index contributed by atoms with van der Waals surface area (Å²) >= 11 is 0. The van der Waals surface area contributed by atoms with E-state index in [0.717, 1.165) is 11.1 Å². The highest BCUT2D eigenvalue weighted by Crippen LogP contribution is 2.44. The first-order chi connectivity index (χ1) is 15.8. The van der Waals surface area contributed by atoms with Crippen LogP contribution in [0, 0.1) is 11.8 Å². The Labute approximate surface area is 194 Å². The molecule has 2 atom stereocenters. The molecule has 2 amide bonds. The largest absolute Gasteiger partial charge is 0.480 e. The summed E-state index contributed by atoms with van der Waals surface area (Å²) in [6.07, 6.45) is -0.0498. The highest BCUT2D eigenvalue weighted by Gasteiger charge is 2.29. The Hall–Kier alpha value is -3.35. The van der Waals surface area contributed by atoms with Crippen molar-refractivity contribution in [2.75, 3.05) is 13.2 Å². The fraction of sp³-hybridized carbons (Fsp3) is 0.423. The first-order valence-electron chi connectivity index (χ1n) is 11.4. The molecule has 0 saturated heterocycles. The molecule has 0 spiro atoms. The molecule has 3 N–H and O–H groups in total. The van der Waals surface area contributed by atoms with E-state index in [2.05, 4.69) is 34.9 Å². The molecule has 33 heavy (non-hydrogen) atoms. The van der Waals surface area contributed by atoms with E-state index in [1.807, 2.05) is 45.0 Å². The first kappa shape index (κ1) is 24.3. The van der Waals surface area contributed by atoms with Crippen molar-refractivity contribution in [2.24, 2.45) is 11.8 Å². The lowest BCUT2D eigenvalue weighted by molar-refractivity contribution is -0.142. The van der Waals surface area contributed by atoms with E-state index in [9.17, 15) is 19.5 Å². The number of rotatable bonds is 10. The Morgan fingerprint density at radius 2 is 1.55 bits per heavy atom. The second-order valence-corrected chi connectivity index (χ2v) is 9.10. The summed E-state index contributed by atoms with van der Waals surface area (Å²) in [5.74, 6) is -1.41. The van der Waals surface area contributed by atoms with Crippen molar-refractivity contribution >= 4 is 18.0 Å². The van der Waals surface area contributed by atoms with Gasteiger partial charge < -0.3 is 20.5 Å². The van der Waals surface area contributed by atoms with Crippen LogP contribution in [0.5, 0.6) is 0 Å². The van der Waals surface area contributed by atoms with Crippen LogP contribution in [-0.4, -0.2) is 42.3 Å². The van der Waals surface area contributed by atoms with E-state index in [-0.39, 0.29) is 43.2 Å². The number of hydrogen-bond donors (Lipinski definition) is 3. The molecular weight excluding hydrogens is 420 g/mol. The highest BCUT2D eigenvalue weighted by atomic mass is 16.5. The minimum absolute atomic E-state index is 0.0136. The van der Waals surface area contributed by atoms with E-state index in [1.54, 1.807) is 0 Å². The average molecular weight is 453 g/mol. The summed E-state index contributed by atoms with van der Waals surface area (Å²) in [5, 5.41) is 14.5. The summed E-state index contributed by atoms with van der Waals surface area (Å²) in [6, 6.07) is 15.4. The third-order valence-corrected chi connectivity index (χ3v) is 5.81. The topological polar surface area (TPSA) is 105 Å². The Kier molecular flexibility index (Phi) is 8.09. The lowest BCUT2D eigenvalue weighted by atomic mass is 9.98. The summed E-state index contributed by atoms with van der Waals surface area (Å²) < 4.78 is 5.51. The van der Waals surface area contributed by atoms with Crippen molar-refractivity contribution < 1.29 is 24.2 Å². The first-order valence-corrected chi connectivity index (χ1v) is 11.4. The van der Waals surface area contributed by atoms with Gasteiger partial charge >= 0.3 is 12.1 Å². The number of fused-ring (bicyclic) bond motifs is 3. The van der Waals surface area contributed by atoms with Gasteiger partial charge in [-0.3, -0.25) is 4.79 Å². The molecule has 176 valence electrons. The van der Waals surface area contributed by atoms with Crippen LogP contribution in [-0.2, 0) is 14.3 Å². The smallest absolute Gasteiger partial charge is 0.407 e. The summed E-state index contributed by atoms with van der Waals surface area (Å²) in [5.41, 5.74) is 4.62. The van der Waals surface area contributed by atoms with E-state index in [1.165, 1.54) is 11.1 Å². The van der Waals surface area contributed by atoms with Gasteiger partial charge in [0.25, 0.3) is 0 Å². The zero-order valence-corrected chi connectivity index (χ0v) is 19.3. The van der Waals surface area contributed by atoms with Crippen molar-refractivity contribution in [3.8, 4) is 11.1 Å². The maximum Gasteiger partial charge on any atom is 0.407 e. The molecule has 2 unspecified atom stereocenters. The molecule has 0 fully saturated rings. The third kappa shape index (κ3) is 6.34. The molecule has 0 bridgehead atoms. The number of carboxylic acid groups (broad SMARTS) is 1. The Bertz CT molecular complexity index is 958. The number of amides is 2. The van der Waals surface area contributed by atoms with Gasteiger partial charge in [-0.2, -0.15) is 0 Å². The minimum Gasteiger partial charge on any atom is -0.480 e. The minimum atomic E-state index is -1.04. The standard InChI is InChI=1S/C26H32N2O5/c1-16(2)12-23(25(30)31)28-24(29)13-17(3)14-27-26(32)33-15-22-20-10-6-4-8-18(20)19-9-5-7-11-21(19)22/h4-11,16-17,22-23H,12-15H2,1-3H3,(H,27,32)(H,28,29)(H,30,31). The molecule has 0 aliphatic heterocycles. The van der Waals surface area contributed by atoms with Crippen LogP contribution in [0.3, 0.4) is 0 Å². The van der Waals surface area contributed by atoms with E-state index < -0.39 is 18.1 Å². The monoisotopic (exact) mass is 452 g/mol. The van der Waals surface area contributed by atoms with Gasteiger partial charge in [0.05, 0.1) is 0 Å². The van der Waals surface area contributed by atoms with Gasteiger partial charge in [0.1, 0.15) is 12.6 Å². The number of aliphatic carboxylic acids is 1. The van der Waals surface area contributed by atoms with Gasteiger partial charge in [-0.1, -0.05) is 69.3 Å². The number of hydrogen-bond acceptors (Lipinski definition) is 4. The summed E-state index contributed by atoms with van der Waals surface area (Å²) in [7, 11) is 0. The molecule has 0 heterocycles. The van der Waals surface area contributed by atoms with Crippen molar-refractivity contribution in [1.82, 2.24) is 10.6 Å². The van der Waals surface area contributed by atoms with Crippen LogP contribution >= 0.6 is 0 Å². The number of alkyl carbamates (subject to hydrolysis) is 1. The normalized spacial score (nSPS) is 14.2. The molecule has 1 aliphatic rings. The van der Waals surface area contributed by atoms with Crippen molar-refractivity contribution in [3.05, 3.63) is 59.7 Å². The maximum atomic E-state index is 12.3. The predicted octanol–water partition coefficient (Wildman–Crippen LogP) is 4.17. The lowest BCUT2D eigenvalue weighted by Gasteiger charge is -2.18. The molecular formula is C26H32N2O5. The zero-order chi connectivity index (χ0) is 24.0. The molecule has 3 rings (SSSR count). The Morgan fingerprint density at radius 3 is 2.09 bits per heavy atom. The molecule has 0 radical (unpaired) electrons. The molecule has 7 nitrogen and oxygen atoms in total. The summed E-state index contributed by atoms with van der Waals surface area (Å²) in [6.45, 7) is 6.11. The molecule has 0 saturated carbocycles. The van der Waals surface area contributed by atoms with Gasteiger partial charge in [0.2, 0.25) is 5.91 Å². The molecule has 7 heteroatoms. The van der Waals surface area contributed by atoms with Crippen LogP contribution in [0.15, 0.2) is 48.5 Å². The number of ether oxygens (including phenoxy) is 1. The van der Waals surface area contributed by atoms with E-state index in [4.69, 9.17) is 4.74 Å². The number of carbonyl (C=O) groups excluding carboxylic acids is 2. The quantitative estimate of drug-likeness (QED) is 0.502. The predicted molar refractivity (Wildman–Crippen MR) is 126 cm³/mol. The van der Waals surface area contributed by atoms with Crippen molar-refractivity contribution in [3.63, 3.8) is 0 Å². The molecule has 2 aromatic carbocycles. The summed E-state index contributed by atoms with van der Waals surface area (Å²) in [4.78, 5) is 35.8. The van der Waals surface area contributed by atoms with Gasteiger partial charge in [-0.05, 0) is 40.5 Å². The molecule has 0 aromatic heterocycles. The van der Waals surface area contributed by atoms with Gasteiger partial charge in [-0.15, -0.1) is 0 Å². The fourth-order valence-corrected chi connectivity index (χ4v) is 4.24. The Morgan fingerprint density at radius 1 is 0.970 bits per heavy atom. The number of benzene rings is 2. The zero-order valence-electron chi connectivity index (χ0n) is 19.3. The van der Waals surface area contributed by atoms with Crippen LogP contribution in [0.25, 0.3) is 11.1 Å². The van der Waals surface area contributed by atoms with Crippen LogP contribution in [0.1, 0.15) is 50.7 Å². The fourth-order valence-electron chi connectivity index (χ4n) is 4.24. The second-order valence-electron chi connectivity index (χ2n) is 9.10. The average Bonchev–Trinajstić information content (AvgIpc) is 3.09. The van der Waals surface area contributed by atoms with Crippen molar-refractivity contribution in [1.29, 1.82) is 0 Å². The maximum absolute atomic E-state index is 12.3. The third-order valence-electron chi connectivity index (χ3n) is 5.81.